The molecule has 20 heavy (non-hydrogen) atoms. The van der Waals surface area contributed by atoms with Gasteiger partial charge in [-0.3, -0.25) is 4.90 Å². The van der Waals surface area contributed by atoms with Gasteiger partial charge in [0.05, 0.1) is 13.2 Å². The standard InChI is InChI=1S/C13H25NO6/c1-10(2)11(12(15)19-8-6-17-4)14(3)13(16)20-9-7-18-5/h10-11H,6-9H2,1-5H3. The Hall–Kier alpha value is -1.34. The average molecular weight is 291 g/mol. The van der Waals surface area contributed by atoms with E-state index in [-0.39, 0.29) is 19.1 Å². The highest BCUT2D eigenvalue weighted by Gasteiger charge is 2.32. The number of carbonyl (C=O) groups is 2. The molecule has 1 unspecified atom stereocenters. The van der Waals surface area contributed by atoms with Gasteiger partial charge >= 0.3 is 12.1 Å². The zero-order valence-corrected chi connectivity index (χ0v) is 12.9. The van der Waals surface area contributed by atoms with Crippen molar-refractivity contribution in [2.24, 2.45) is 5.92 Å². The van der Waals surface area contributed by atoms with Crippen molar-refractivity contribution in [1.82, 2.24) is 4.90 Å². The second-order valence-electron chi connectivity index (χ2n) is 4.57. The summed E-state index contributed by atoms with van der Waals surface area (Å²) in [7, 11) is 4.55. The molecule has 0 radical (unpaired) electrons. The summed E-state index contributed by atoms with van der Waals surface area (Å²) in [4.78, 5) is 25.0. The third-order valence-corrected chi connectivity index (χ3v) is 2.62. The van der Waals surface area contributed by atoms with Gasteiger partial charge in [0.25, 0.3) is 0 Å². The van der Waals surface area contributed by atoms with E-state index in [4.69, 9.17) is 18.9 Å². The summed E-state index contributed by atoms with van der Waals surface area (Å²) < 4.78 is 19.6. The zero-order chi connectivity index (χ0) is 15.5. The first-order valence-electron chi connectivity index (χ1n) is 6.49. The topological polar surface area (TPSA) is 74.3 Å². The Morgan fingerprint density at radius 3 is 1.90 bits per heavy atom. The molecule has 0 aliphatic heterocycles. The molecule has 7 heteroatoms. The SMILES string of the molecule is COCCOC(=O)C(C(C)C)N(C)C(=O)OCCOC. The van der Waals surface area contributed by atoms with Gasteiger partial charge in [0.2, 0.25) is 0 Å². The molecule has 0 rings (SSSR count). The summed E-state index contributed by atoms with van der Waals surface area (Å²) in [5.74, 6) is -0.562. The molecule has 0 aromatic rings. The lowest BCUT2D eigenvalue weighted by Gasteiger charge is -2.28. The number of carbonyl (C=O) groups excluding carboxylic acids is 2. The number of ether oxygens (including phenoxy) is 4. The first-order chi connectivity index (χ1) is 9.45. The Kier molecular flexibility index (Phi) is 9.75. The maximum absolute atomic E-state index is 12.0. The number of rotatable bonds is 9. The van der Waals surface area contributed by atoms with Gasteiger partial charge in [0.1, 0.15) is 19.3 Å². The molecule has 0 aromatic heterocycles. The highest BCUT2D eigenvalue weighted by Crippen LogP contribution is 2.12. The van der Waals surface area contributed by atoms with Crippen molar-refractivity contribution in [3.63, 3.8) is 0 Å². The molecule has 7 nitrogen and oxygen atoms in total. The van der Waals surface area contributed by atoms with E-state index in [1.807, 2.05) is 13.8 Å². The first kappa shape index (κ1) is 18.7. The van der Waals surface area contributed by atoms with Crippen molar-refractivity contribution in [3.05, 3.63) is 0 Å². The number of hydrogen-bond donors (Lipinski definition) is 0. The first-order valence-corrected chi connectivity index (χ1v) is 6.49. The van der Waals surface area contributed by atoms with Gasteiger partial charge in [-0.05, 0) is 5.92 Å². The number of esters is 1. The molecule has 0 aliphatic rings. The van der Waals surface area contributed by atoms with E-state index in [1.54, 1.807) is 0 Å². The normalized spacial score (nSPS) is 12.1. The molecule has 0 spiro atoms. The minimum atomic E-state index is -0.693. The van der Waals surface area contributed by atoms with Crippen LogP contribution in [0.3, 0.4) is 0 Å². The minimum absolute atomic E-state index is 0.0926. The highest BCUT2D eigenvalue weighted by molar-refractivity contribution is 5.81. The van der Waals surface area contributed by atoms with Crippen LogP contribution in [0, 0.1) is 5.92 Å². The fraction of sp³-hybridized carbons (Fsp3) is 0.846. The largest absolute Gasteiger partial charge is 0.462 e. The molecule has 118 valence electrons. The van der Waals surface area contributed by atoms with Crippen molar-refractivity contribution in [3.8, 4) is 0 Å². The fourth-order valence-corrected chi connectivity index (χ4v) is 1.62. The van der Waals surface area contributed by atoms with Gasteiger partial charge in [0.15, 0.2) is 0 Å². The molecular weight excluding hydrogens is 266 g/mol. The number of likely N-dealkylation sites (N-methyl/N-ethyl adjacent to an activating group) is 1. The van der Waals surface area contributed by atoms with E-state index in [0.717, 1.165) is 0 Å². The fourth-order valence-electron chi connectivity index (χ4n) is 1.62. The smallest absolute Gasteiger partial charge is 0.410 e. The average Bonchev–Trinajstić information content (AvgIpc) is 2.38. The van der Waals surface area contributed by atoms with E-state index >= 15 is 0 Å². The maximum atomic E-state index is 12.0. The minimum Gasteiger partial charge on any atom is -0.462 e. The van der Waals surface area contributed by atoms with Crippen molar-refractivity contribution >= 4 is 12.1 Å². The molecule has 0 fully saturated rings. The van der Waals surface area contributed by atoms with Gasteiger partial charge < -0.3 is 18.9 Å². The Labute approximate surface area is 120 Å². The number of hydrogen-bond acceptors (Lipinski definition) is 6. The van der Waals surface area contributed by atoms with E-state index in [2.05, 4.69) is 0 Å². The van der Waals surface area contributed by atoms with Crippen LogP contribution in [0.15, 0.2) is 0 Å². The molecule has 0 heterocycles. The lowest BCUT2D eigenvalue weighted by Crippen LogP contribution is -2.47. The van der Waals surface area contributed by atoms with Crippen molar-refractivity contribution in [1.29, 1.82) is 0 Å². The van der Waals surface area contributed by atoms with Crippen molar-refractivity contribution in [2.75, 3.05) is 47.7 Å². The molecular formula is C13H25NO6. The number of nitrogens with zero attached hydrogens (tertiary/aromatic N) is 1. The summed E-state index contributed by atoms with van der Waals surface area (Å²) in [5, 5.41) is 0. The molecule has 0 bridgehead atoms. The second-order valence-corrected chi connectivity index (χ2v) is 4.57. The van der Waals surface area contributed by atoms with Crippen LogP contribution in [0.1, 0.15) is 13.8 Å². The monoisotopic (exact) mass is 291 g/mol. The Balaban J connectivity index is 4.48. The Bertz CT molecular complexity index is 295. The second kappa shape index (κ2) is 10.4. The van der Waals surface area contributed by atoms with Gasteiger partial charge in [0, 0.05) is 21.3 Å². The van der Waals surface area contributed by atoms with Crippen LogP contribution < -0.4 is 0 Å². The molecule has 1 atom stereocenters. The predicted molar refractivity (Wildman–Crippen MR) is 72.4 cm³/mol. The molecule has 0 aromatic carbocycles. The number of methoxy groups -OCH3 is 2. The lowest BCUT2D eigenvalue weighted by molar-refractivity contribution is -0.152. The van der Waals surface area contributed by atoms with Gasteiger partial charge in [-0.25, -0.2) is 9.59 Å². The molecule has 1 amide bonds. The highest BCUT2D eigenvalue weighted by atomic mass is 16.6. The summed E-state index contributed by atoms with van der Waals surface area (Å²) in [6, 6.07) is -0.693. The Morgan fingerprint density at radius 1 is 0.950 bits per heavy atom. The van der Waals surface area contributed by atoms with Crippen LogP contribution >= 0.6 is 0 Å². The summed E-state index contributed by atoms with van der Waals surface area (Å²) in [6.45, 7) is 4.60. The quantitative estimate of drug-likeness (QED) is 0.464. The molecule has 0 N–H and O–H groups in total. The Morgan fingerprint density at radius 2 is 1.45 bits per heavy atom. The molecule has 0 saturated carbocycles. The van der Waals surface area contributed by atoms with Crippen LogP contribution in [-0.2, 0) is 23.7 Å². The van der Waals surface area contributed by atoms with E-state index in [9.17, 15) is 9.59 Å². The van der Waals surface area contributed by atoms with Crippen LogP contribution in [-0.4, -0.2) is 70.7 Å². The summed E-state index contributed by atoms with van der Waals surface area (Å²) in [6.07, 6.45) is -0.579. The zero-order valence-electron chi connectivity index (χ0n) is 12.9. The van der Waals surface area contributed by atoms with Crippen LogP contribution in [0.2, 0.25) is 0 Å². The van der Waals surface area contributed by atoms with Gasteiger partial charge in [-0.1, -0.05) is 13.8 Å². The summed E-state index contributed by atoms with van der Waals surface area (Å²) in [5.41, 5.74) is 0. The van der Waals surface area contributed by atoms with Crippen molar-refractivity contribution < 1.29 is 28.5 Å². The molecule has 0 saturated heterocycles. The van der Waals surface area contributed by atoms with Crippen molar-refractivity contribution in [2.45, 2.75) is 19.9 Å². The molecule has 0 aliphatic carbocycles. The van der Waals surface area contributed by atoms with E-state index in [1.165, 1.54) is 26.2 Å². The number of amides is 1. The van der Waals surface area contributed by atoms with Crippen LogP contribution in [0.5, 0.6) is 0 Å². The summed E-state index contributed by atoms with van der Waals surface area (Å²) >= 11 is 0. The predicted octanol–water partition coefficient (Wildman–Crippen LogP) is 0.915. The maximum Gasteiger partial charge on any atom is 0.410 e. The third-order valence-electron chi connectivity index (χ3n) is 2.62. The van der Waals surface area contributed by atoms with E-state index in [0.29, 0.717) is 13.2 Å². The van der Waals surface area contributed by atoms with Gasteiger partial charge in [-0.2, -0.15) is 0 Å². The van der Waals surface area contributed by atoms with Crippen LogP contribution in [0.4, 0.5) is 4.79 Å². The third kappa shape index (κ3) is 6.72. The van der Waals surface area contributed by atoms with Crippen LogP contribution in [0.25, 0.3) is 0 Å². The lowest BCUT2D eigenvalue weighted by atomic mass is 10.0. The van der Waals surface area contributed by atoms with E-state index < -0.39 is 18.1 Å². The van der Waals surface area contributed by atoms with Gasteiger partial charge in [-0.15, -0.1) is 0 Å².